The number of rotatable bonds is 11. The van der Waals surface area contributed by atoms with Gasteiger partial charge in [0.15, 0.2) is 0 Å². The highest BCUT2D eigenvalue weighted by atomic mass is 31.2. The number of hydrogen-bond acceptors (Lipinski definition) is 4. The Morgan fingerprint density at radius 2 is 1.92 bits per heavy atom. The second-order valence-electron chi connectivity index (χ2n) is 6.11. The average molecular weight is 373 g/mol. The highest BCUT2D eigenvalue weighted by molar-refractivity contribution is 7.46. The topological polar surface area (TPSA) is 116 Å². The first kappa shape index (κ1) is 21.6. The predicted octanol–water partition coefficient (Wildman–Crippen LogP) is 3.41. The maximum absolute atomic E-state index is 12.2. The van der Waals surface area contributed by atoms with Gasteiger partial charge in [0.25, 0.3) is 0 Å². The molecule has 0 aliphatic heterocycles. The van der Waals surface area contributed by atoms with Crippen LogP contribution in [0.3, 0.4) is 0 Å². The Bertz CT molecular complexity index is 588. The van der Waals surface area contributed by atoms with Crippen molar-refractivity contribution in [2.75, 3.05) is 0 Å². The van der Waals surface area contributed by atoms with Gasteiger partial charge in [-0.25, -0.2) is 4.57 Å². The highest BCUT2D eigenvalue weighted by Gasteiger charge is 2.28. The number of phenolic OH excluding ortho intramolecular Hbond substituents is 1. The molecule has 0 saturated heterocycles. The Morgan fingerprint density at radius 1 is 1.24 bits per heavy atom. The third kappa shape index (κ3) is 9.02. The SMILES string of the molecule is CCCCCCCC(=O)N[C@H](c1cccc(O)c1)[C@H](C)OP(=O)(O)O. The summed E-state index contributed by atoms with van der Waals surface area (Å²) in [7, 11) is -4.70. The second kappa shape index (κ2) is 10.6. The maximum Gasteiger partial charge on any atom is 0.469 e. The van der Waals surface area contributed by atoms with E-state index in [0.29, 0.717) is 12.0 Å². The first-order valence-electron chi connectivity index (χ1n) is 8.55. The third-order valence-electron chi connectivity index (χ3n) is 3.83. The molecule has 142 valence electrons. The molecule has 1 amide bonds. The molecule has 0 heterocycles. The Morgan fingerprint density at radius 3 is 2.52 bits per heavy atom. The zero-order valence-electron chi connectivity index (χ0n) is 14.7. The van der Waals surface area contributed by atoms with Gasteiger partial charge in [-0.15, -0.1) is 0 Å². The number of phosphoric acid groups is 1. The van der Waals surface area contributed by atoms with Crippen molar-refractivity contribution in [1.29, 1.82) is 0 Å². The molecule has 0 aliphatic carbocycles. The number of benzene rings is 1. The molecule has 0 radical (unpaired) electrons. The van der Waals surface area contributed by atoms with Gasteiger partial charge in [-0.2, -0.15) is 0 Å². The monoisotopic (exact) mass is 373 g/mol. The molecule has 0 aliphatic rings. The summed E-state index contributed by atoms with van der Waals surface area (Å²) in [6.45, 7) is 3.59. The van der Waals surface area contributed by atoms with E-state index in [1.807, 2.05) is 0 Å². The summed E-state index contributed by atoms with van der Waals surface area (Å²) in [5, 5.41) is 12.4. The molecule has 0 bridgehead atoms. The van der Waals surface area contributed by atoms with Crippen molar-refractivity contribution in [3.63, 3.8) is 0 Å². The summed E-state index contributed by atoms with van der Waals surface area (Å²) in [4.78, 5) is 30.2. The van der Waals surface area contributed by atoms with E-state index < -0.39 is 20.0 Å². The number of phosphoric ester groups is 1. The molecule has 0 saturated carbocycles. The second-order valence-corrected chi connectivity index (χ2v) is 7.30. The van der Waals surface area contributed by atoms with Crippen LogP contribution < -0.4 is 5.32 Å². The minimum absolute atomic E-state index is 0.000283. The lowest BCUT2D eigenvalue weighted by molar-refractivity contribution is -0.122. The van der Waals surface area contributed by atoms with E-state index in [0.717, 1.165) is 32.1 Å². The number of aromatic hydroxyl groups is 1. The normalized spacial score (nSPS) is 14.1. The van der Waals surface area contributed by atoms with Gasteiger partial charge in [0.05, 0.1) is 12.1 Å². The summed E-state index contributed by atoms with van der Waals surface area (Å²) >= 11 is 0. The summed E-state index contributed by atoms with van der Waals surface area (Å²) < 4.78 is 15.8. The van der Waals surface area contributed by atoms with E-state index in [-0.39, 0.29) is 11.7 Å². The number of carbonyl (C=O) groups is 1. The average Bonchev–Trinajstić information content (AvgIpc) is 2.50. The number of unbranched alkanes of at least 4 members (excludes halogenated alkanes) is 4. The molecular weight excluding hydrogens is 345 g/mol. The van der Waals surface area contributed by atoms with Gasteiger partial charge in [-0.05, 0) is 31.0 Å². The molecular formula is C17H28NO6P. The quantitative estimate of drug-likeness (QED) is 0.349. The van der Waals surface area contributed by atoms with E-state index in [2.05, 4.69) is 12.2 Å². The maximum atomic E-state index is 12.2. The number of nitrogens with one attached hydrogen (secondary N) is 1. The molecule has 25 heavy (non-hydrogen) atoms. The number of amides is 1. The lowest BCUT2D eigenvalue weighted by atomic mass is 10.0. The van der Waals surface area contributed by atoms with Gasteiger partial charge in [-0.1, -0.05) is 44.7 Å². The standard InChI is InChI=1S/C17H28NO6P/c1-3-4-5-6-7-11-16(20)18-17(13(2)24-25(21,22)23)14-9-8-10-15(19)12-14/h8-10,12-13,17,19H,3-7,11H2,1-2H3,(H,18,20)(H2,21,22,23)/t13-,17-/m0/s1. The molecule has 0 aromatic heterocycles. The zero-order valence-corrected chi connectivity index (χ0v) is 15.6. The molecule has 7 nitrogen and oxygen atoms in total. The largest absolute Gasteiger partial charge is 0.508 e. The van der Waals surface area contributed by atoms with Gasteiger partial charge >= 0.3 is 7.82 Å². The van der Waals surface area contributed by atoms with Crippen LogP contribution in [0.1, 0.15) is 64.0 Å². The van der Waals surface area contributed by atoms with Crippen LogP contribution in [-0.4, -0.2) is 26.9 Å². The first-order valence-corrected chi connectivity index (χ1v) is 10.1. The van der Waals surface area contributed by atoms with Gasteiger partial charge in [0.1, 0.15) is 5.75 Å². The van der Waals surface area contributed by atoms with E-state index in [1.54, 1.807) is 12.1 Å². The lowest BCUT2D eigenvalue weighted by Gasteiger charge is -2.26. The fraction of sp³-hybridized carbons (Fsp3) is 0.588. The molecule has 0 fully saturated rings. The van der Waals surface area contributed by atoms with Crippen LogP contribution in [0.5, 0.6) is 5.75 Å². The molecule has 0 unspecified atom stereocenters. The summed E-state index contributed by atoms with van der Waals surface area (Å²) in [6, 6.07) is 5.39. The molecule has 0 spiro atoms. The number of hydrogen-bond donors (Lipinski definition) is 4. The van der Waals surface area contributed by atoms with Crippen LogP contribution in [0.2, 0.25) is 0 Å². The Hall–Kier alpha value is -1.40. The van der Waals surface area contributed by atoms with E-state index in [1.165, 1.54) is 19.1 Å². The first-order chi connectivity index (χ1) is 11.7. The van der Waals surface area contributed by atoms with Crippen LogP contribution in [0.15, 0.2) is 24.3 Å². The van der Waals surface area contributed by atoms with Crippen molar-refractivity contribution in [3.05, 3.63) is 29.8 Å². The van der Waals surface area contributed by atoms with Crippen molar-refractivity contribution in [2.24, 2.45) is 0 Å². The molecule has 1 aromatic rings. The van der Waals surface area contributed by atoms with Crippen molar-refractivity contribution >= 4 is 13.7 Å². The fourth-order valence-electron chi connectivity index (χ4n) is 2.60. The van der Waals surface area contributed by atoms with Crippen molar-refractivity contribution in [1.82, 2.24) is 5.32 Å². The van der Waals surface area contributed by atoms with Gasteiger partial charge in [-0.3, -0.25) is 9.32 Å². The summed E-state index contributed by atoms with van der Waals surface area (Å²) in [6.07, 6.45) is 4.44. The van der Waals surface area contributed by atoms with Crippen molar-refractivity contribution in [3.8, 4) is 5.75 Å². The summed E-state index contributed by atoms with van der Waals surface area (Å²) in [5.41, 5.74) is 0.514. The van der Waals surface area contributed by atoms with Crippen LogP contribution >= 0.6 is 7.82 Å². The predicted molar refractivity (Wildman–Crippen MR) is 95.0 cm³/mol. The Kier molecular flexibility index (Phi) is 9.14. The Balaban J connectivity index is 2.74. The van der Waals surface area contributed by atoms with Crippen LogP contribution in [-0.2, 0) is 13.9 Å². The molecule has 1 aromatic carbocycles. The van der Waals surface area contributed by atoms with Gasteiger partial charge in [0.2, 0.25) is 5.91 Å². The van der Waals surface area contributed by atoms with Crippen LogP contribution in [0.25, 0.3) is 0 Å². The van der Waals surface area contributed by atoms with E-state index in [9.17, 15) is 14.5 Å². The number of phenols is 1. The molecule has 4 N–H and O–H groups in total. The van der Waals surface area contributed by atoms with E-state index in [4.69, 9.17) is 14.3 Å². The van der Waals surface area contributed by atoms with E-state index >= 15 is 0 Å². The van der Waals surface area contributed by atoms with Gasteiger partial charge in [0, 0.05) is 6.42 Å². The fourth-order valence-corrected chi connectivity index (χ4v) is 3.16. The van der Waals surface area contributed by atoms with Crippen molar-refractivity contribution in [2.45, 2.75) is 64.5 Å². The lowest BCUT2D eigenvalue weighted by Crippen LogP contribution is -2.35. The summed E-state index contributed by atoms with van der Waals surface area (Å²) in [5.74, 6) is -0.217. The minimum Gasteiger partial charge on any atom is -0.508 e. The highest BCUT2D eigenvalue weighted by Crippen LogP contribution is 2.40. The van der Waals surface area contributed by atoms with Crippen molar-refractivity contribution < 1.29 is 28.8 Å². The van der Waals surface area contributed by atoms with Crippen LogP contribution in [0, 0.1) is 0 Å². The molecule has 2 atom stereocenters. The third-order valence-corrected chi connectivity index (χ3v) is 4.43. The Labute approximate surface area is 148 Å². The smallest absolute Gasteiger partial charge is 0.469 e. The van der Waals surface area contributed by atoms with Gasteiger partial charge < -0.3 is 20.2 Å². The zero-order chi connectivity index (χ0) is 18.9. The van der Waals surface area contributed by atoms with Crippen LogP contribution in [0.4, 0.5) is 0 Å². The number of carbonyl (C=O) groups excluding carboxylic acids is 1. The minimum atomic E-state index is -4.70. The molecule has 8 heteroatoms. The molecule has 1 rings (SSSR count).